The summed E-state index contributed by atoms with van der Waals surface area (Å²) in [6.07, 6.45) is 1.56. The minimum Gasteiger partial charge on any atom is -0.493 e. The van der Waals surface area contributed by atoms with Crippen LogP contribution in [-0.2, 0) is 5.60 Å². The van der Waals surface area contributed by atoms with E-state index in [9.17, 15) is 9.90 Å². The Hall–Kier alpha value is -1.92. The van der Waals surface area contributed by atoms with Gasteiger partial charge in [-0.05, 0) is 32.9 Å². The molecule has 1 heterocycles. The van der Waals surface area contributed by atoms with Gasteiger partial charge in [0, 0.05) is 6.20 Å². The number of rotatable bonds is 5. The van der Waals surface area contributed by atoms with Gasteiger partial charge in [0.1, 0.15) is 5.75 Å². The lowest BCUT2D eigenvalue weighted by Gasteiger charge is -2.13. The van der Waals surface area contributed by atoms with Gasteiger partial charge in [-0.15, -0.1) is 0 Å². The maximum Gasteiger partial charge on any atom is 0.261 e. The molecule has 6 heteroatoms. The number of para-hydroxylation sites is 1. The Labute approximate surface area is 127 Å². The van der Waals surface area contributed by atoms with Crippen LogP contribution in [-0.4, -0.2) is 22.6 Å². The number of hydrogen-bond donors (Lipinski definition) is 2. The quantitative estimate of drug-likeness (QED) is 0.890. The summed E-state index contributed by atoms with van der Waals surface area (Å²) < 4.78 is 5.44. The largest absolute Gasteiger partial charge is 0.493 e. The Morgan fingerprint density at radius 3 is 2.76 bits per heavy atom. The van der Waals surface area contributed by atoms with Crippen LogP contribution >= 0.6 is 11.3 Å². The lowest BCUT2D eigenvalue weighted by Crippen LogP contribution is -2.14. The second-order valence-electron chi connectivity index (χ2n) is 4.97. The molecule has 2 aromatic rings. The van der Waals surface area contributed by atoms with Gasteiger partial charge in [-0.3, -0.25) is 10.1 Å². The molecular formula is C15H18N2O3S. The minimum absolute atomic E-state index is 0.282. The van der Waals surface area contributed by atoms with Crippen molar-refractivity contribution in [1.29, 1.82) is 0 Å². The van der Waals surface area contributed by atoms with Crippen LogP contribution in [0.4, 0.5) is 5.13 Å². The van der Waals surface area contributed by atoms with Crippen LogP contribution < -0.4 is 10.1 Å². The normalized spacial score (nSPS) is 11.2. The molecule has 1 aromatic heterocycles. The van der Waals surface area contributed by atoms with E-state index in [4.69, 9.17) is 4.74 Å². The smallest absolute Gasteiger partial charge is 0.261 e. The molecule has 5 nitrogen and oxygen atoms in total. The summed E-state index contributed by atoms with van der Waals surface area (Å²) in [6, 6.07) is 7.05. The average Bonchev–Trinajstić information content (AvgIpc) is 2.88. The fraction of sp³-hybridized carbons (Fsp3) is 0.333. The second kappa shape index (κ2) is 6.24. The van der Waals surface area contributed by atoms with Gasteiger partial charge in [0.15, 0.2) is 5.13 Å². The maximum absolute atomic E-state index is 12.3. The van der Waals surface area contributed by atoms with E-state index in [0.29, 0.717) is 27.9 Å². The highest BCUT2D eigenvalue weighted by molar-refractivity contribution is 7.15. The van der Waals surface area contributed by atoms with Crippen LogP contribution in [0.5, 0.6) is 5.75 Å². The Morgan fingerprint density at radius 2 is 2.14 bits per heavy atom. The molecule has 0 atom stereocenters. The molecule has 0 bridgehead atoms. The van der Waals surface area contributed by atoms with Gasteiger partial charge in [-0.25, -0.2) is 4.98 Å². The van der Waals surface area contributed by atoms with Gasteiger partial charge in [-0.1, -0.05) is 23.5 Å². The standard InChI is InChI=1S/C15H18N2O3S/c1-4-20-11-8-6-5-7-10(11)13(18)17-14-16-9-12(21-14)15(2,3)19/h5-9,19H,4H2,1-3H3,(H,16,17,18). The third kappa shape index (κ3) is 3.80. The number of nitrogens with zero attached hydrogens (tertiary/aromatic N) is 1. The first-order chi connectivity index (χ1) is 9.91. The number of aromatic nitrogens is 1. The Balaban J connectivity index is 2.17. The first kappa shape index (κ1) is 15.5. The molecule has 2 rings (SSSR count). The minimum atomic E-state index is -0.968. The van der Waals surface area contributed by atoms with Crippen LogP contribution in [0.3, 0.4) is 0 Å². The summed E-state index contributed by atoms with van der Waals surface area (Å²) in [5, 5.41) is 13.1. The molecule has 21 heavy (non-hydrogen) atoms. The predicted octanol–water partition coefficient (Wildman–Crippen LogP) is 3.02. The molecule has 2 N–H and O–H groups in total. The predicted molar refractivity (Wildman–Crippen MR) is 82.9 cm³/mol. The fourth-order valence-electron chi connectivity index (χ4n) is 1.71. The summed E-state index contributed by atoms with van der Waals surface area (Å²) in [7, 11) is 0. The van der Waals surface area contributed by atoms with Crippen LogP contribution in [0.15, 0.2) is 30.5 Å². The number of anilines is 1. The topological polar surface area (TPSA) is 71.5 Å². The summed E-state index contributed by atoms with van der Waals surface area (Å²) in [5.74, 6) is 0.257. The van der Waals surface area contributed by atoms with Crippen molar-refractivity contribution in [3.8, 4) is 5.75 Å². The molecule has 1 aromatic carbocycles. The van der Waals surface area contributed by atoms with E-state index in [1.807, 2.05) is 13.0 Å². The van der Waals surface area contributed by atoms with Crippen molar-refractivity contribution < 1.29 is 14.6 Å². The third-order valence-corrected chi connectivity index (χ3v) is 3.99. The first-order valence-electron chi connectivity index (χ1n) is 6.63. The van der Waals surface area contributed by atoms with Gasteiger partial charge in [0.25, 0.3) is 5.91 Å². The highest BCUT2D eigenvalue weighted by Gasteiger charge is 2.20. The highest BCUT2D eigenvalue weighted by atomic mass is 32.1. The lowest BCUT2D eigenvalue weighted by atomic mass is 10.1. The molecule has 0 unspecified atom stereocenters. The van der Waals surface area contributed by atoms with Gasteiger partial charge >= 0.3 is 0 Å². The Morgan fingerprint density at radius 1 is 1.43 bits per heavy atom. The SMILES string of the molecule is CCOc1ccccc1C(=O)Nc1ncc(C(C)(C)O)s1. The van der Waals surface area contributed by atoms with Crippen molar-refractivity contribution in [2.75, 3.05) is 11.9 Å². The van der Waals surface area contributed by atoms with Crippen LogP contribution in [0.25, 0.3) is 0 Å². The molecule has 112 valence electrons. The summed E-state index contributed by atoms with van der Waals surface area (Å²) in [6.45, 7) is 5.71. The molecular weight excluding hydrogens is 288 g/mol. The van der Waals surface area contributed by atoms with Crippen LogP contribution in [0.2, 0.25) is 0 Å². The summed E-state index contributed by atoms with van der Waals surface area (Å²) in [4.78, 5) is 17.1. The van der Waals surface area contributed by atoms with Crippen LogP contribution in [0.1, 0.15) is 36.0 Å². The van der Waals surface area contributed by atoms with Crippen LogP contribution in [0, 0.1) is 0 Å². The van der Waals surface area contributed by atoms with Gasteiger partial charge < -0.3 is 9.84 Å². The number of ether oxygens (including phenoxy) is 1. The van der Waals surface area contributed by atoms with Crippen molar-refractivity contribution in [3.63, 3.8) is 0 Å². The number of carbonyl (C=O) groups is 1. The highest BCUT2D eigenvalue weighted by Crippen LogP contribution is 2.29. The second-order valence-corrected chi connectivity index (χ2v) is 6.00. The van der Waals surface area contributed by atoms with Crippen molar-refractivity contribution in [3.05, 3.63) is 40.9 Å². The van der Waals surface area contributed by atoms with Crippen molar-refractivity contribution >= 4 is 22.4 Å². The molecule has 0 fully saturated rings. The average molecular weight is 306 g/mol. The number of carbonyl (C=O) groups excluding carboxylic acids is 1. The number of nitrogens with one attached hydrogen (secondary N) is 1. The van der Waals surface area contributed by atoms with E-state index in [1.165, 1.54) is 11.3 Å². The summed E-state index contributed by atoms with van der Waals surface area (Å²) in [5.41, 5.74) is -0.511. The zero-order valence-corrected chi connectivity index (χ0v) is 13.0. The molecule has 0 aliphatic rings. The number of thiazole rings is 1. The van der Waals surface area contributed by atoms with Crippen molar-refractivity contribution in [1.82, 2.24) is 4.98 Å². The van der Waals surface area contributed by atoms with E-state index in [1.54, 1.807) is 38.2 Å². The monoisotopic (exact) mass is 306 g/mol. The van der Waals surface area contributed by atoms with Crippen molar-refractivity contribution in [2.45, 2.75) is 26.4 Å². The molecule has 0 aliphatic heterocycles. The van der Waals surface area contributed by atoms with Gasteiger partial charge in [0.05, 0.1) is 22.6 Å². The molecule has 0 saturated carbocycles. The number of benzene rings is 1. The van der Waals surface area contributed by atoms with E-state index >= 15 is 0 Å². The third-order valence-electron chi connectivity index (χ3n) is 2.76. The van der Waals surface area contributed by atoms with E-state index in [0.717, 1.165) is 0 Å². The fourth-order valence-corrected chi connectivity index (χ4v) is 2.53. The molecule has 0 radical (unpaired) electrons. The number of amides is 1. The first-order valence-corrected chi connectivity index (χ1v) is 7.45. The number of aliphatic hydroxyl groups is 1. The Bertz CT molecular complexity index is 632. The molecule has 1 amide bonds. The van der Waals surface area contributed by atoms with Gasteiger partial charge in [-0.2, -0.15) is 0 Å². The zero-order valence-electron chi connectivity index (χ0n) is 12.2. The molecule has 0 spiro atoms. The summed E-state index contributed by atoms with van der Waals surface area (Å²) >= 11 is 1.25. The van der Waals surface area contributed by atoms with E-state index in [-0.39, 0.29) is 5.91 Å². The Kier molecular flexibility index (Phi) is 4.59. The lowest BCUT2D eigenvalue weighted by molar-refractivity contribution is 0.0823. The van der Waals surface area contributed by atoms with E-state index < -0.39 is 5.60 Å². The molecule has 0 aliphatic carbocycles. The van der Waals surface area contributed by atoms with Gasteiger partial charge in [0.2, 0.25) is 0 Å². The maximum atomic E-state index is 12.3. The zero-order chi connectivity index (χ0) is 15.5. The molecule has 0 saturated heterocycles. The number of hydrogen-bond acceptors (Lipinski definition) is 5. The van der Waals surface area contributed by atoms with Crippen molar-refractivity contribution in [2.24, 2.45) is 0 Å². The van der Waals surface area contributed by atoms with E-state index in [2.05, 4.69) is 10.3 Å².